The highest BCUT2D eigenvalue weighted by Crippen LogP contribution is 2.21. The van der Waals surface area contributed by atoms with E-state index in [1.165, 1.54) is 12.8 Å². The first-order valence-electron chi connectivity index (χ1n) is 6.23. The molecule has 98 valence electrons. The van der Waals surface area contributed by atoms with Crippen LogP contribution in [-0.4, -0.2) is 41.8 Å². The number of Topliss-reactive ketones (excluding diaryl/α,β-unsaturated/α-hetero) is 1. The van der Waals surface area contributed by atoms with Crippen LogP contribution in [0.2, 0.25) is 0 Å². The molecule has 4 heteroatoms. The third-order valence-corrected chi connectivity index (χ3v) is 5.01. The topological polar surface area (TPSA) is 20.3 Å². The number of hydrogen-bond acceptors (Lipinski definition) is 3. The molecule has 0 saturated carbocycles. The molecule has 1 saturated heterocycles. The molecule has 1 aliphatic rings. The van der Waals surface area contributed by atoms with Crippen LogP contribution >= 0.6 is 27.7 Å². The summed E-state index contributed by atoms with van der Waals surface area (Å²) in [7, 11) is 0. The summed E-state index contributed by atoms with van der Waals surface area (Å²) in [5, 5.41) is 0.780. The Morgan fingerprint density at radius 2 is 2.17 bits per heavy atom. The molecule has 1 aromatic carbocycles. The fourth-order valence-electron chi connectivity index (χ4n) is 2.26. The van der Waals surface area contributed by atoms with Crippen molar-refractivity contribution in [3.8, 4) is 0 Å². The Morgan fingerprint density at radius 1 is 1.44 bits per heavy atom. The van der Waals surface area contributed by atoms with Gasteiger partial charge in [0, 0.05) is 15.3 Å². The number of carbonyl (C=O) groups is 1. The minimum atomic E-state index is 0.221. The number of thioether (sulfide) groups is 1. The number of benzene rings is 1. The molecule has 1 heterocycles. The monoisotopic (exact) mass is 327 g/mol. The van der Waals surface area contributed by atoms with E-state index in [4.69, 9.17) is 0 Å². The van der Waals surface area contributed by atoms with E-state index in [0.29, 0.717) is 6.54 Å². The Balaban J connectivity index is 1.89. The lowest BCUT2D eigenvalue weighted by atomic mass is 10.1. The fraction of sp³-hybridized carbons (Fsp3) is 0.500. The Hall–Kier alpha value is -0.320. The van der Waals surface area contributed by atoms with Gasteiger partial charge in [0.15, 0.2) is 5.78 Å². The quantitative estimate of drug-likeness (QED) is 0.790. The summed E-state index contributed by atoms with van der Waals surface area (Å²) in [6.07, 6.45) is 4.58. The largest absolute Gasteiger partial charge is 0.296 e. The van der Waals surface area contributed by atoms with Gasteiger partial charge in [0.25, 0.3) is 0 Å². The second kappa shape index (κ2) is 6.73. The summed E-state index contributed by atoms with van der Waals surface area (Å²) >= 11 is 5.35. The van der Waals surface area contributed by atoms with Crippen molar-refractivity contribution in [3.63, 3.8) is 0 Å². The van der Waals surface area contributed by atoms with Gasteiger partial charge in [-0.15, -0.1) is 0 Å². The normalized spacial score (nSPS) is 17.9. The van der Waals surface area contributed by atoms with Gasteiger partial charge in [-0.3, -0.25) is 9.69 Å². The lowest BCUT2D eigenvalue weighted by Gasteiger charge is -2.30. The van der Waals surface area contributed by atoms with E-state index in [1.54, 1.807) is 0 Å². The molecule has 1 fully saturated rings. The van der Waals surface area contributed by atoms with Gasteiger partial charge in [-0.05, 0) is 44.3 Å². The molecule has 0 radical (unpaired) electrons. The highest BCUT2D eigenvalue weighted by atomic mass is 79.9. The van der Waals surface area contributed by atoms with E-state index < -0.39 is 0 Å². The second-order valence-corrected chi connectivity index (χ2v) is 6.70. The standard InChI is InChI=1S/C14H18BrNOS/c1-18-13-5-7-16(8-6-13)10-14(17)11-3-2-4-12(15)9-11/h2-4,9,13H,5-8,10H2,1H3. The van der Waals surface area contributed by atoms with Crippen molar-refractivity contribution in [2.45, 2.75) is 18.1 Å². The lowest BCUT2D eigenvalue weighted by Crippen LogP contribution is -2.38. The lowest BCUT2D eigenvalue weighted by molar-refractivity contribution is 0.0917. The first kappa shape index (κ1) is 14.1. The van der Waals surface area contributed by atoms with Crippen LogP contribution in [-0.2, 0) is 0 Å². The van der Waals surface area contributed by atoms with Crippen molar-refractivity contribution >= 4 is 33.5 Å². The highest BCUT2D eigenvalue weighted by molar-refractivity contribution is 9.10. The van der Waals surface area contributed by atoms with Crippen LogP contribution in [0.15, 0.2) is 28.7 Å². The average molecular weight is 328 g/mol. The number of likely N-dealkylation sites (tertiary alicyclic amines) is 1. The molecule has 18 heavy (non-hydrogen) atoms. The Bertz CT molecular complexity index is 416. The van der Waals surface area contributed by atoms with Crippen LogP contribution in [0.1, 0.15) is 23.2 Å². The van der Waals surface area contributed by atoms with Gasteiger partial charge < -0.3 is 0 Å². The molecule has 2 rings (SSSR count). The Morgan fingerprint density at radius 3 is 2.78 bits per heavy atom. The van der Waals surface area contributed by atoms with Crippen LogP contribution in [0.5, 0.6) is 0 Å². The average Bonchev–Trinajstić information content (AvgIpc) is 2.39. The summed E-state index contributed by atoms with van der Waals surface area (Å²) in [5.74, 6) is 0.221. The number of halogens is 1. The van der Waals surface area contributed by atoms with Crippen LogP contribution < -0.4 is 0 Å². The molecule has 0 N–H and O–H groups in total. The SMILES string of the molecule is CSC1CCN(CC(=O)c2cccc(Br)c2)CC1. The molecule has 0 aliphatic carbocycles. The van der Waals surface area contributed by atoms with Crippen LogP contribution in [0.3, 0.4) is 0 Å². The fourth-order valence-corrected chi connectivity index (χ4v) is 3.34. The van der Waals surface area contributed by atoms with E-state index >= 15 is 0 Å². The third kappa shape index (κ3) is 3.84. The molecule has 2 nitrogen and oxygen atoms in total. The van der Waals surface area contributed by atoms with Crippen molar-refractivity contribution in [2.75, 3.05) is 25.9 Å². The van der Waals surface area contributed by atoms with Crippen LogP contribution in [0, 0.1) is 0 Å². The van der Waals surface area contributed by atoms with Crippen LogP contribution in [0.4, 0.5) is 0 Å². The number of nitrogens with zero attached hydrogens (tertiary/aromatic N) is 1. The predicted octanol–water partition coefficient (Wildman–Crippen LogP) is 3.46. The second-order valence-electron chi connectivity index (χ2n) is 4.64. The van der Waals surface area contributed by atoms with Crippen molar-refractivity contribution < 1.29 is 4.79 Å². The molecule has 0 amide bonds. The Kier molecular flexibility index (Phi) is 5.27. The van der Waals surface area contributed by atoms with E-state index in [2.05, 4.69) is 27.1 Å². The van der Waals surface area contributed by atoms with E-state index in [9.17, 15) is 4.79 Å². The molecule has 0 aromatic heterocycles. The smallest absolute Gasteiger partial charge is 0.176 e. The third-order valence-electron chi connectivity index (χ3n) is 3.38. The number of hydrogen-bond donors (Lipinski definition) is 0. The van der Waals surface area contributed by atoms with E-state index in [1.807, 2.05) is 36.0 Å². The summed E-state index contributed by atoms with van der Waals surface area (Å²) in [5.41, 5.74) is 0.802. The van der Waals surface area contributed by atoms with Gasteiger partial charge in [0.05, 0.1) is 6.54 Å². The molecule has 1 aliphatic heterocycles. The summed E-state index contributed by atoms with van der Waals surface area (Å²) < 4.78 is 0.967. The summed E-state index contributed by atoms with van der Waals surface area (Å²) in [6.45, 7) is 2.65. The molecule has 0 bridgehead atoms. The van der Waals surface area contributed by atoms with Gasteiger partial charge in [0.2, 0.25) is 0 Å². The zero-order valence-corrected chi connectivity index (χ0v) is 13.0. The maximum absolute atomic E-state index is 12.1. The summed E-state index contributed by atoms with van der Waals surface area (Å²) in [4.78, 5) is 14.4. The van der Waals surface area contributed by atoms with Crippen LogP contribution in [0.25, 0.3) is 0 Å². The Labute approximate surface area is 121 Å². The molecule has 0 spiro atoms. The van der Waals surface area contributed by atoms with Gasteiger partial charge in [-0.25, -0.2) is 0 Å². The number of piperidine rings is 1. The van der Waals surface area contributed by atoms with Crippen molar-refractivity contribution in [3.05, 3.63) is 34.3 Å². The highest BCUT2D eigenvalue weighted by Gasteiger charge is 2.20. The van der Waals surface area contributed by atoms with Gasteiger partial charge >= 0.3 is 0 Å². The minimum absolute atomic E-state index is 0.221. The van der Waals surface area contributed by atoms with E-state index in [-0.39, 0.29) is 5.78 Å². The molecular weight excluding hydrogens is 310 g/mol. The molecule has 0 unspecified atom stereocenters. The zero-order chi connectivity index (χ0) is 13.0. The first-order valence-corrected chi connectivity index (χ1v) is 8.31. The molecular formula is C14H18BrNOS. The predicted molar refractivity (Wildman–Crippen MR) is 81.4 cm³/mol. The minimum Gasteiger partial charge on any atom is -0.296 e. The van der Waals surface area contributed by atoms with Gasteiger partial charge in [0.1, 0.15) is 0 Å². The molecule has 0 atom stereocenters. The maximum atomic E-state index is 12.1. The first-order chi connectivity index (χ1) is 8.69. The zero-order valence-electron chi connectivity index (χ0n) is 10.6. The van der Waals surface area contributed by atoms with Gasteiger partial charge in [-0.1, -0.05) is 28.1 Å². The van der Waals surface area contributed by atoms with E-state index in [0.717, 1.165) is 28.4 Å². The van der Waals surface area contributed by atoms with Crippen molar-refractivity contribution in [1.82, 2.24) is 4.90 Å². The number of ketones is 1. The van der Waals surface area contributed by atoms with Crippen molar-refractivity contribution in [1.29, 1.82) is 0 Å². The summed E-state index contributed by atoms with van der Waals surface area (Å²) in [6, 6.07) is 7.65. The number of rotatable bonds is 4. The maximum Gasteiger partial charge on any atom is 0.176 e. The molecule has 1 aromatic rings. The van der Waals surface area contributed by atoms with Gasteiger partial charge in [-0.2, -0.15) is 11.8 Å². The van der Waals surface area contributed by atoms with Crippen molar-refractivity contribution in [2.24, 2.45) is 0 Å². The number of carbonyl (C=O) groups excluding carboxylic acids is 1.